The van der Waals surface area contributed by atoms with E-state index in [1.54, 1.807) is 0 Å². The summed E-state index contributed by atoms with van der Waals surface area (Å²) in [5.41, 5.74) is 3.47. The molecule has 3 aromatic carbocycles. The molecule has 0 heterocycles. The smallest absolute Gasteiger partial charge is 0.251 e. The Morgan fingerprint density at radius 1 is 0.923 bits per heavy atom. The van der Waals surface area contributed by atoms with Crippen LogP contribution in [0.1, 0.15) is 34.3 Å². The molecule has 4 rings (SSSR count). The Bertz CT molecular complexity index is 927. The molecule has 0 bridgehead atoms. The summed E-state index contributed by atoms with van der Waals surface area (Å²) in [6.45, 7) is 0.934. The molecule has 132 valence electrons. The number of nitrogens with one attached hydrogen (secondary N) is 1. The van der Waals surface area contributed by atoms with Crippen molar-refractivity contribution < 1.29 is 9.53 Å². The van der Waals surface area contributed by atoms with Gasteiger partial charge in [-0.3, -0.25) is 4.79 Å². The predicted molar refractivity (Wildman–Crippen MR) is 105 cm³/mol. The van der Waals surface area contributed by atoms with Crippen molar-refractivity contribution in [3.63, 3.8) is 0 Å². The summed E-state index contributed by atoms with van der Waals surface area (Å²) in [5.74, 6) is 0.825. The third-order valence-corrected chi connectivity index (χ3v) is 5.01. The van der Waals surface area contributed by atoms with Gasteiger partial charge >= 0.3 is 0 Å². The van der Waals surface area contributed by atoms with Crippen LogP contribution in [0.5, 0.6) is 5.75 Å². The number of hydrogen-bond acceptors (Lipinski definition) is 2. The van der Waals surface area contributed by atoms with Gasteiger partial charge in [0.2, 0.25) is 0 Å². The van der Waals surface area contributed by atoms with Crippen LogP contribution < -0.4 is 10.1 Å². The topological polar surface area (TPSA) is 38.3 Å². The van der Waals surface area contributed by atoms with Crippen molar-refractivity contribution in [2.45, 2.75) is 25.7 Å². The maximum Gasteiger partial charge on any atom is 0.251 e. The van der Waals surface area contributed by atoms with Crippen molar-refractivity contribution in [1.82, 2.24) is 5.32 Å². The SMILES string of the molecule is O=C(NCCOc1cccc2ccccc12)c1ccc2c(c1)CCCC2. The maximum atomic E-state index is 12.4. The van der Waals surface area contributed by atoms with Gasteiger partial charge in [-0.15, -0.1) is 0 Å². The van der Waals surface area contributed by atoms with Crippen molar-refractivity contribution in [3.05, 3.63) is 77.4 Å². The van der Waals surface area contributed by atoms with Crippen LogP contribution in [0, 0.1) is 0 Å². The van der Waals surface area contributed by atoms with Crippen LogP contribution >= 0.6 is 0 Å². The normalized spacial score (nSPS) is 13.2. The standard InChI is InChI=1S/C23H23NO2/c25-23(20-13-12-17-6-1-2-8-19(17)16-20)24-14-15-26-22-11-5-9-18-7-3-4-10-21(18)22/h3-5,7,9-13,16H,1-2,6,8,14-15H2,(H,24,25). The van der Waals surface area contributed by atoms with Gasteiger partial charge in [-0.1, -0.05) is 42.5 Å². The van der Waals surface area contributed by atoms with Gasteiger partial charge in [0.15, 0.2) is 0 Å². The lowest BCUT2D eigenvalue weighted by molar-refractivity contribution is 0.0947. The number of carbonyl (C=O) groups excluding carboxylic acids is 1. The summed E-state index contributed by atoms with van der Waals surface area (Å²) in [4.78, 5) is 12.4. The van der Waals surface area contributed by atoms with Crippen LogP contribution in [0.2, 0.25) is 0 Å². The molecule has 3 heteroatoms. The molecule has 26 heavy (non-hydrogen) atoms. The van der Waals surface area contributed by atoms with Gasteiger partial charge in [0.05, 0.1) is 6.54 Å². The maximum absolute atomic E-state index is 12.4. The minimum atomic E-state index is -0.0279. The van der Waals surface area contributed by atoms with E-state index in [9.17, 15) is 4.79 Å². The highest BCUT2D eigenvalue weighted by atomic mass is 16.5. The number of fused-ring (bicyclic) bond motifs is 2. The van der Waals surface area contributed by atoms with E-state index in [0.717, 1.165) is 34.9 Å². The number of aryl methyl sites for hydroxylation is 2. The molecule has 1 aliphatic carbocycles. The minimum Gasteiger partial charge on any atom is -0.491 e. The zero-order valence-electron chi connectivity index (χ0n) is 14.8. The lowest BCUT2D eigenvalue weighted by Crippen LogP contribution is -2.28. The molecule has 0 aromatic heterocycles. The molecule has 0 aliphatic heterocycles. The summed E-state index contributed by atoms with van der Waals surface area (Å²) in [6, 6.07) is 20.3. The molecule has 1 amide bonds. The van der Waals surface area contributed by atoms with Gasteiger partial charge < -0.3 is 10.1 Å². The first-order valence-corrected chi connectivity index (χ1v) is 9.32. The highest BCUT2D eigenvalue weighted by molar-refractivity contribution is 5.94. The number of rotatable bonds is 5. The summed E-state index contributed by atoms with van der Waals surface area (Å²) in [6.07, 6.45) is 4.69. The Hall–Kier alpha value is -2.81. The zero-order valence-corrected chi connectivity index (χ0v) is 14.8. The van der Waals surface area contributed by atoms with E-state index in [1.165, 1.54) is 24.0 Å². The van der Waals surface area contributed by atoms with E-state index >= 15 is 0 Å². The van der Waals surface area contributed by atoms with E-state index in [2.05, 4.69) is 35.6 Å². The van der Waals surface area contributed by atoms with E-state index in [0.29, 0.717) is 13.2 Å². The highest BCUT2D eigenvalue weighted by Crippen LogP contribution is 2.25. The number of hydrogen-bond donors (Lipinski definition) is 1. The Morgan fingerprint density at radius 3 is 2.65 bits per heavy atom. The summed E-state index contributed by atoms with van der Waals surface area (Å²) >= 11 is 0. The monoisotopic (exact) mass is 345 g/mol. The third-order valence-electron chi connectivity index (χ3n) is 5.01. The molecule has 0 saturated carbocycles. The van der Waals surface area contributed by atoms with Crippen molar-refractivity contribution in [2.24, 2.45) is 0 Å². The first kappa shape index (κ1) is 16.6. The number of ether oxygens (including phenoxy) is 1. The fourth-order valence-corrected chi connectivity index (χ4v) is 3.62. The summed E-state index contributed by atoms with van der Waals surface area (Å²) in [7, 11) is 0. The van der Waals surface area contributed by atoms with E-state index in [1.807, 2.05) is 30.3 Å². The molecular formula is C23H23NO2. The van der Waals surface area contributed by atoms with Gasteiger partial charge in [0.1, 0.15) is 12.4 Å². The average Bonchev–Trinajstić information content (AvgIpc) is 2.70. The number of carbonyl (C=O) groups is 1. The Morgan fingerprint density at radius 2 is 1.73 bits per heavy atom. The lowest BCUT2D eigenvalue weighted by atomic mass is 9.90. The van der Waals surface area contributed by atoms with E-state index < -0.39 is 0 Å². The molecule has 0 spiro atoms. The van der Waals surface area contributed by atoms with Crippen LogP contribution in [-0.2, 0) is 12.8 Å². The van der Waals surface area contributed by atoms with Crippen LogP contribution in [0.4, 0.5) is 0 Å². The molecule has 0 radical (unpaired) electrons. The van der Waals surface area contributed by atoms with Gasteiger partial charge in [-0.05, 0) is 60.4 Å². The Balaban J connectivity index is 1.34. The second kappa shape index (κ2) is 7.61. The largest absolute Gasteiger partial charge is 0.491 e. The first-order chi connectivity index (χ1) is 12.8. The molecule has 1 N–H and O–H groups in total. The summed E-state index contributed by atoms with van der Waals surface area (Å²) < 4.78 is 5.88. The van der Waals surface area contributed by atoms with Gasteiger partial charge in [0, 0.05) is 10.9 Å². The Kier molecular flexibility index (Phi) is 4.87. The lowest BCUT2D eigenvalue weighted by Gasteiger charge is -2.16. The quantitative estimate of drug-likeness (QED) is 0.690. The van der Waals surface area contributed by atoms with E-state index in [4.69, 9.17) is 4.74 Å². The van der Waals surface area contributed by atoms with Gasteiger partial charge in [-0.25, -0.2) is 0 Å². The van der Waals surface area contributed by atoms with Crippen LogP contribution in [0.15, 0.2) is 60.7 Å². The van der Waals surface area contributed by atoms with Gasteiger partial charge in [0.25, 0.3) is 5.91 Å². The minimum absolute atomic E-state index is 0.0279. The molecule has 0 saturated heterocycles. The van der Waals surface area contributed by atoms with Crippen molar-refractivity contribution in [3.8, 4) is 5.75 Å². The predicted octanol–water partition coefficient (Wildman–Crippen LogP) is 4.53. The van der Waals surface area contributed by atoms with Crippen molar-refractivity contribution in [2.75, 3.05) is 13.2 Å². The van der Waals surface area contributed by atoms with Gasteiger partial charge in [-0.2, -0.15) is 0 Å². The first-order valence-electron chi connectivity index (χ1n) is 9.32. The molecule has 1 aliphatic rings. The van der Waals surface area contributed by atoms with Crippen molar-refractivity contribution in [1.29, 1.82) is 0 Å². The molecular weight excluding hydrogens is 322 g/mol. The van der Waals surface area contributed by atoms with E-state index in [-0.39, 0.29) is 5.91 Å². The van der Waals surface area contributed by atoms with Crippen LogP contribution in [0.3, 0.4) is 0 Å². The number of benzene rings is 3. The molecule has 3 nitrogen and oxygen atoms in total. The molecule has 3 aromatic rings. The second-order valence-corrected chi connectivity index (χ2v) is 6.77. The zero-order chi connectivity index (χ0) is 17.8. The highest BCUT2D eigenvalue weighted by Gasteiger charge is 2.12. The fourth-order valence-electron chi connectivity index (χ4n) is 3.62. The molecule has 0 atom stereocenters. The third kappa shape index (κ3) is 3.57. The molecule has 0 unspecified atom stereocenters. The number of amides is 1. The van der Waals surface area contributed by atoms with Crippen LogP contribution in [0.25, 0.3) is 10.8 Å². The fraction of sp³-hybridized carbons (Fsp3) is 0.261. The second-order valence-electron chi connectivity index (χ2n) is 6.77. The average molecular weight is 345 g/mol. The Labute approximate surface area is 154 Å². The van der Waals surface area contributed by atoms with Crippen molar-refractivity contribution >= 4 is 16.7 Å². The molecule has 0 fully saturated rings. The summed E-state index contributed by atoms with van der Waals surface area (Å²) in [5, 5.41) is 5.21. The van der Waals surface area contributed by atoms with Crippen LogP contribution in [-0.4, -0.2) is 19.1 Å².